The van der Waals surface area contributed by atoms with Crippen molar-refractivity contribution in [2.45, 2.75) is 19.3 Å². The lowest BCUT2D eigenvalue weighted by molar-refractivity contribution is -0.137. The molecule has 0 radical (unpaired) electrons. The van der Waals surface area contributed by atoms with Gasteiger partial charge >= 0.3 is 6.18 Å². The van der Waals surface area contributed by atoms with Gasteiger partial charge in [0.2, 0.25) is 0 Å². The van der Waals surface area contributed by atoms with Crippen LogP contribution in [0.5, 0.6) is 0 Å². The summed E-state index contributed by atoms with van der Waals surface area (Å²) in [7, 11) is 1.57. The first-order valence-corrected chi connectivity index (χ1v) is 10.1. The van der Waals surface area contributed by atoms with Gasteiger partial charge in [0.25, 0.3) is 0 Å². The molecule has 0 saturated heterocycles. The van der Waals surface area contributed by atoms with Gasteiger partial charge in [-0.2, -0.15) is 13.2 Å². The SMILES string of the molecule is COCCc1nc(Nc2ccc(C(F)(F)F)cc2)c2ccc(-c3ncccc3CF)cc2n1. The summed E-state index contributed by atoms with van der Waals surface area (Å²) in [4.78, 5) is 13.4. The average molecular weight is 456 g/mol. The number of anilines is 2. The van der Waals surface area contributed by atoms with Crippen molar-refractivity contribution in [3.05, 3.63) is 77.7 Å². The zero-order valence-corrected chi connectivity index (χ0v) is 17.7. The van der Waals surface area contributed by atoms with E-state index in [0.29, 0.717) is 58.1 Å². The van der Waals surface area contributed by atoms with E-state index in [2.05, 4.69) is 20.3 Å². The van der Waals surface area contributed by atoms with Crippen LogP contribution in [0.4, 0.5) is 29.1 Å². The molecular formula is C24H20F4N4O. The number of nitrogens with one attached hydrogen (secondary N) is 1. The van der Waals surface area contributed by atoms with Crippen molar-refractivity contribution in [3.8, 4) is 11.3 Å². The number of fused-ring (bicyclic) bond motifs is 1. The first kappa shape index (κ1) is 22.6. The second-order valence-corrected chi connectivity index (χ2v) is 7.31. The van der Waals surface area contributed by atoms with E-state index in [1.165, 1.54) is 12.1 Å². The van der Waals surface area contributed by atoms with Crippen LogP contribution < -0.4 is 5.32 Å². The quantitative estimate of drug-likeness (QED) is 0.340. The van der Waals surface area contributed by atoms with E-state index in [4.69, 9.17) is 4.74 Å². The van der Waals surface area contributed by atoms with Gasteiger partial charge in [0, 0.05) is 41.9 Å². The van der Waals surface area contributed by atoms with Crippen LogP contribution in [0.15, 0.2) is 60.8 Å². The molecule has 2 heterocycles. The molecule has 2 aromatic heterocycles. The van der Waals surface area contributed by atoms with Gasteiger partial charge in [0.1, 0.15) is 18.3 Å². The average Bonchev–Trinajstić information content (AvgIpc) is 2.82. The number of benzene rings is 2. The lowest BCUT2D eigenvalue weighted by Gasteiger charge is -2.13. The molecule has 0 amide bonds. The molecule has 0 atom stereocenters. The molecule has 0 fully saturated rings. The highest BCUT2D eigenvalue weighted by Crippen LogP contribution is 2.32. The van der Waals surface area contributed by atoms with Gasteiger partial charge < -0.3 is 10.1 Å². The Hall–Kier alpha value is -3.59. The van der Waals surface area contributed by atoms with Gasteiger partial charge in [-0.1, -0.05) is 12.1 Å². The number of rotatable bonds is 7. The van der Waals surface area contributed by atoms with Gasteiger partial charge in [0.05, 0.1) is 23.4 Å². The number of alkyl halides is 4. The lowest BCUT2D eigenvalue weighted by atomic mass is 10.0. The molecular weight excluding hydrogens is 436 g/mol. The molecule has 5 nitrogen and oxygen atoms in total. The first-order valence-electron chi connectivity index (χ1n) is 10.1. The highest BCUT2D eigenvalue weighted by atomic mass is 19.4. The Labute approximate surface area is 187 Å². The van der Waals surface area contributed by atoms with Gasteiger partial charge in [-0.25, -0.2) is 14.4 Å². The number of aromatic nitrogens is 3. The predicted molar refractivity (Wildman–Crippen MR) is 118 cm³/mol. The van der Waals surface area contributed by atoms with E-state index < -0.39 is 18.4 Å². The maximum atomic E-state index is 13.4. The Balaban J connectivity index is 1.76. The van der Waals surface area contributed by atoms with Gasteiger partial charge in [-0.3, -0.25) is 4.98 Å². The maximum Gasteiger partial charge on any atom is 0.416 e. The van der Waals surface area contributed by atoms with Crippen LogP contribution in [-0.2, 0) is 24.0 Å². The number of halogens is 4. The molecule has 1 N–H and O–H groups in total. The van der Waals surface area contributed by atoms with Crippen molar-refractivity contribution < 1.29 is 22.3 Å². The normalized spacial score (nSPS) is 11.7. The summed E-state index contributed by atoms with van der Waals surface area (Å²) in [6.07, 6.45) is -2.37. The number of hydrogen-bond acceptors (Lipinski definition) is 5. The van der Waals surface area contributed by atoms with Crippen LogP contribution in [0.25, 0.3) is 22.2 Å². The minimum Gasteiger partial charge on any atom is -0.384 e. The number of ether oxygens (including phenoxy) is 1. The maximum absolute atomic E-state index is 13.4. The molecule has 0 bridgehead atoms. The summed E-state index contributed by atoms with van der Waals surface area (Å²) in [5.74, 6) is 0.951. The molecule has 4 rings (SSSR count). The summed E-state index contributed by atoms with van der Waals surface area (Å²) in [6, 6.07) is 13.4. The lowest BCUT2D eigenvalue weighted by Crippen LogP contribution is -2.06. The van der Waals surface area contributed by atoms with E-state index in [1.54, 1.807) is 43.6 Å². The molecule has 0 saturated carbocycles. The topological polar surface area (TPSA) is 59.9 Å². The molecule has 0 spiro atoms. The molecule has 0 aliphatic rings. The van der Waals surface area contributed by atoms with Crippen LogP contribution in [0.2, 0.25) is 0 Å². The van der Waals surface area contributed by atoms with Gasteiger partial charge in [0.15, 0.2) is 0 Å². The second kappa shape index (κ2) is 9.50. The first-order chi connectivity index (χ1) is 15.9. The van der Waals surface area contributed by atoms with E-state index in [9.17, 15) is 17.6 Å². The predicted octanol–water partition coefficient (Wildman–Crippen LogP) is 6.11. The monoisotopic (exact) mass is 456 g/mol. The zero-order chi connectivity index (χ0) is 23.4. The number of nitrogens with zero attached hydrogens (tertiary/aromatic N) is 3. The largest absolute Gasteiger partial charge is 0.416 e. The fraction of sp³-hybridized carbons (Fsp3) is 0.208. The molecule has 33 heavy (non-hydrogen) atoms. The summed E-state index contributed by atoms with van der Waals surface area (Å²) < 4.78 is 57.2. The fourth-order valence-corrected chi connectivity index (χ4v) is 3.41. The van der Waals surface area contributed by atoms with Crippen molar-refractivity contribution in [1.29, 1.82) is 0 Å². The molecule has 4 aromatic rings. The van der Waals surface area contributed by atoms with Crippen LogP contribution in [0.3, 0.4) is 0 Å². The van der Waals surface area contributed by atoms with E-state index >= 15 is 0 Å². The second-order valence-electron chi connectivity index (χ2n) is 7.31. The van der Waals surface area contributed by atoms with Gasteiger partial charge in [-0.15, -0.1) is 0 Å². The minimum atomic E-state index is -4.41. The number of pyridine rings is 1. The third-order valence-corrected chi connectivity index (χ3v) is 5.06. The Kier molecular flexibility index (Phi) is 6.50. The summed E-state index contributed by atoms with van der Waals surface area (Å²) >= 11 is 0. The highest BCUT2D eigenvalue weighted by molar-refractivity contribution is 5.93. The molecule has 0 aliphatic carbocycles. The third-order valence-electron chi connectivity index (χ3n) is 5.06. The van der Waals surface area contributed by atoms with E-state index in [-0.39, 0.29) is 0 Å². The van der Waals surface area contributed by atoms with E-state index in [1.807, 2.05) is 0 Å². The van der Waals surface area contributed by atoms with Crippen LogP contribution >= 0.6 is 0 Å². The summed E-state index contributed by atoms with van der Waals surface area (Å²) in [5.41, 5.74) is 2.01. The van der Waals surface area contributed by atoms with Crippen molar-refractivity contribution in [1.82, 2.24) is 15.0 Å². The summed E-state index contributed by atoms with van der Waals surface area (Å²) in [6.45, 7) is -0.248. The molecule has 2 aromatic carbocycles. The number of methoxy groups -OCH3 is 1. The Morgan fingerprint density at radius 2 is 1.79 bits per heavy atom. The van der Waals surface area contributed by atoms with Gasteiger partial charge in [-0.05, 0) is 42.5 Å². The van der Waals surface area contributed by atoms with E-state index in [0.717, 1.165) is 12.1 Å². The van der Waals surface area contributed by atoms with Crippen molar-refractivity contribution >= 4 is 22.4 Å². The minimum absolute atomic E-state index is 0.400. The zero-order valence-electron chi connectivity index (χ0n) is 17.7. The molecule has 170 valence electrons. The number of hydrogen-bond donors (Lipinski definition) is 1. The third kappa shape index (κ3) is 5.09. The summed E-state index contributed by atoms with van der Waals surface area (Å²) in [5, 5.41) is 3.75. The van der Waals surface area contributed by atoms with Crippen molar-refractivity contribution in [2.24, 2.45) is 0 Å². The van der Waals surface area contributed by atoms with Crippen molar-refractivity contribution in [2.75, 3.05) is 19.0 Å². The smallest absolute Gasteiger partial charge is 0.384 e. The van der Waals surface area contributed by atoms with Crippen LogP contribution in [-0.4, -0.2) is 28.7 Å². The Morgan fingerprint density at radius 3 is 2.48 bits per heavy atom. The van der Waals surface area contributed by atoms with Crippen LogP contribution in [0, 0.1) is 0 Å². The fourth-order valence-electron chi connectivity index (χ4n) is 3.41. The highest BCUT2D eigenvalue weighted by Gasteiger charge is 2.30. The van der Waals surface area contributed by atoms with Crippen molar-refractivity contribution in [3.63, 3.8) is 0 Å². The van der Waals surface area contributed by atoms with Crippen LogP contribution in [0.1, 0.15) is 17.0 Å². The Morgan fingerprint density at radius 1 is 1.00 bits per heavy atom. The molecule has 0 aliphatic heterocycles. The molecule has 0 unspecified atom stereocenters. The Bertz CT molecular complexity index is 1260. The standard InChI is InChI=1S/C24H20F4N4O/c1-33-12-10-21-31-20-13-15(22-16(14-25)3-2-11-29-22)4-9-19(20)23(32-21)30-18-7-5-17(6-8-18)24(26,27)28/h2-9,11,13H,10,12,14H2,1H3,(H,30,31,32). The molecule has 9 heteroatoms.